The molecule has 102 valence electrons. The van der Waals surface area contributed by atoms with Crippen LogP contribution in [0.2, 0.25) is 0 Å². The van der Waals surface area contributed by atoms with Gasteiger partial charge < -0.3 is 10.1 Å². The van der Waals surface area contributed by atoms with Crippen LogP contribution in [0.3, 0.4) is 0 Å². The molecule has 0 unspecified atom stereocenters. The van der Waals surface area contributed by atoms with Gasteiger partial charge in [0.25, 0.3) is 0 Å². The molecule has 0 spiro atoms. The highest BCUT2D eigenvalue weighted by Gasteiger charge is 2.40. The highest BCUT2D eigenvalue weighted by Crippen LogP contribution is 2.36. The van der Waals surface area contributed by atoms with Crippen LogP contribution in [0.15, 0.2) is 35.8 Å². The zero-order valence-electron chi connectivity index (χ0n) is 10.4. The van der Waals surface area contributed by atoms with Crippen molar-refractivity contribution in [3.05, 3.63) is 41.4 Å². The summed E-state index contributed by atoms with van der Waals surface area (Å²) < 4.78 is 5.27. The van der Waals surface area contributed by atoms with Gasteiger partial charge in [-0.3, -0.25) is 9.59 Å². The monoisotopic (exact) mass is 289 g/mol. The van der Waals surface area contributed by atoms with E-state index in [1.165, 1.54) is 16.8 Å². The first-order chi connectivity index (χ1) is 9.74. The molecule has 2 heterocycles. The van der Waals surface area contributed by atoms with E-state index in [1.54, 1.807) is 0 Å². The first kappa shape index (κ1) is 12.7. The number of hydrogen-bond acceptors (Lipinski definition) is 6. The summed E-state index contributed by atoms with van der Waals surface area (Å²) in [5.41, 5.74) is 2.34. The number of rotatable bonds is 3. The van der Waals surface area contributed by atoms with E-state index < -0.39 is 12.0 Å². The summed E-state index contributed by atoms with van der Waals surface area (Å²) in [6.45, 7) is 0. The quantitative estimate of drug-likeness (QED) is 0.871. The molecule has 1 amide bonds. The largest absolute Gasteiger partial charge is 0.457 e. The molecule has 0 radical (unpaired) electrons. The zero-order valence-corrected chi connectivity index (χ0v) is 11.2. The minimum Gasteiger partial charge on any atom is -0.457 e. The Morgan fingerprint density at radius 1 is 1.35 bits per heavy atom. The number of esters is 1. The van der Waals surface area contributed by atoms with Gasteiger partial charge in [0.2, 0.25) is 11.0 Å². The Hall–Kier alpha value is -2.28. The number of nitrogens with zero attached hydrogens (tertiary/aromatic N) is 2. The molecule has 1 aliphatic heterocycles. The van der Waals surface area contributed by atoms with Crippen molar-refractivity contribution in [1.82, 2.24) is 10.2 Å². The van der Waals surface area contributed by atoms with E-state index >= 15 is 0 Å². The van der Waals surface area contributed by atoms with Gasteiger partial charge >= 0.3 is 5.97 Å². The van der Waals surface area contributed by atoms with Crippen LogP contribution in [0.5, 0.6) is 0 Å². The lowest BCUT2D eigenvalue weighted by molar-refractivity contribution is -0.141. The molecule has 2 atom stereocenters. The highest BCUT2D eigenvalue weighted by molar-refractivity contribution is 7.13. The number of cyclic esters (lactones) is 1. The van der Waals surface area contributed by atoms with Crippen molar-refractivity contribution in [3.8, 4) is 0 Å². The molecule has 3 rings (SSSR count). The summed E-state index contributed by atoms with van der Waals surface area (Å²) in [4.78, 5) is 23.8. The lowest BCUT2D eigenvalue weighted by atomic mass is 9.94. The van der Waals surface area contributed by atoms with Gasteiger partial charge in [-0.25, -0.2) is 0 Å². The molecule has 1 aromatic carbocycles. The predicted molar refractivity (Wildman–Crippen MR) is 71.9 cm³/mol. The van der Waals surface area contributed by atoms with E-state index in [0.29, 0.717) is 5.13 Å². The summed E-state index contributed by atoms with van der Waals surface area (Å²) in [6.07, 6.45) is -0.471. The summed E-state index contributed by atoms with van der Waals surface area (Å²) in [7, 11) is 0. The number of ether oxygens (including phenoxy) is 1. The maximum absolute atomic E-state index is 12.2. The third kappa shape index (κ3) is 2.53. The van der Waals surface area contributed by atoms with Gasteiger partial charge in [0.15, 0.2) is 0 Å². The Kier molecular flexibility index (Phi) is 3.42. The Bertz CT molecular complexity index is 615. The molecule has 0 aliphatic carbocycles. The zero-order chi connectivity index (χ0) is 13.9. The number of carbonyl (C=O) groups is 2. The molecule has 1 saturated heterocycles. The van der Waals surface area contributed by atoms with E-state index in [9.17, 15) is 9.59 Å². The van der Waals surface area contributed by atoms with Gasteiger partial charge in [0.1, 0.15) is 11.6 Å². The molecule has 0 bridgehead atoms. The number of amides is 1. The molecule has 6 nitrogen and oxygen atoms in total. The molecule has 1 N–H and O–H groups in total. The van der Waals surface area contributed by atoms with Crippen molar-refractivity contribution in [3.63, 3.8) is 0 Å². The van der Waals surface area contributed by atoms with Crippen LogP contribution >= 0.6 is 11.3 Å². The second-order valence-electron chi connectivity index (χ2n) is 4.36. The van der Waals surface area contributed by atoms with Crippen LogP contribution in [0.25, 0.3) is 0 Å². The third-order valence-electron chi connectivity index (χ3n) is 3.07. The highest BCUT2D eigenvalue weighted by atomic mass is 32.1. The topological polar surface area (TPSA) is 81.2 Å². The van der Waals surface area contributed by atoms with Crippen LogP contribution < -0.4 is 5.32 Å². The number of aromatic nitrogens is 2. The van der Waals surface area contributed by atoms with Gasteiger partial charge in [-0.1, -0.05) is 41.7 Å². The second-order valence-corrected chi connectivity index (χ2v) is 5.20. The fourth-order valence-electron chi connectivity index (χ4n) is 2.16. The van der Waals surface area contributed by atoms with Crippen LogP contribution in [0.4, 0.5) is 5.13 Å². The van der Waals surface area contributed by atoms with Gasteiger partial charge in [0, 0.05) is 0 Å². The fourth-order valence-corrected chi connectivity index (χ4v) is 2.61. The van der Waals surface area contributed by atoms with Crippen molar-refractivity contribution < 1.29 is 14.3 Å². The summed E-state index contributed by atoms with van der Waals surface area (Å²) >= 11 is 1.23. The van der Waals surface area contributed by atoms with E-state index in [2.05, 4.69) is 15.5 Å². The first-order valence-electron chi connectivity index (χ1n) is 6.05. The van der Waals surface area contributed by atoms with Crippen molar-refractivity contribution in [1.29, 1.82) is 0 Å². The van der Waals surface area contributed by atoms with Crippen LogP contribution in [0.1, 0.15) is 18.1 Å². The molecule has 1 aromatic heterocycles. The van der Waals surface area contributed by atoms with Crippen molar-refractivity contribution in [2.75, 3.05) is 5.32 Å². The molecule has 1 aliphatic rings. The third-order valence-corrected chi connectivity index (χ3v) is 3.67. The van der Waals surface area contributed by atoms with Crippen LogP contribution in [-0.2, 0) is 14.3 Å². The van der Waals surface area contributed by atoms with Crippen LogP contribution in [-0.4, -0.2) is 22.1 Å². The Morgan fingerprint density at radius 3 is 2.85 bits per heavy atom. The summed E-state index contributed by atoms with van der Waals surface area (Å²) in [6, 6.07) is 9.25. The normalized spacial score (nSPS) is 21.5. The maximum Gasteiger partial charge on any atom is 0.307 e. The van der Waals surface area contributed by atoms with Gasteiger partial charge in [0.05, 0.1) is 12.3 Å². The minimum atomic E-state index is -0.547. The van der Waals surface area contributed by atoms with Crippen molar-refractivity contribution >= 4 is 28.3 Å². The molecule has 1 fully saturated rings. The number of anilines is 1. The average molecular weight is 289 g/mol. The Balaban J connectivity index is 1.80. The Morgan fingerprint density at radius 2 is 2.15 bits per heavy atom. The minimum absolute atomic E-state index is 0.0736. The molecule has 20 heavy (non-hydrogen) atoms. The van der Waals surface area contributed by atoms with Gasteiger partial charge in [-0.05, 0) is 5.56 Å². The fraction of sp³-hybridized carbons (Fsp3) is 0.231. The van der Waals surface area contributed by atoms with E-state index in [0.717, 1.165) is 5.56 Å². The number of benzene rings is 1. The maximum atomic E-state index is 12.2. The van der Waals surface area contributed by atoms with Gasteiger partial charge in [-0.15, -0.1) is 10.2 Å². The Labute approximate surface area is 118 Å². The molecule has 2 aromatic rings. The van der Waals surface area contributed by atoms with Gasteiger partial charge in [-0.2, -0.15) is 0 Å². The number of carbonyl (C=O) groups excluding carboxylic acids is 2. The van der Waals surface area contributed by atoms with E-state index in [1.807, 2.05) is 30.3 Å². The smallest absolute Gasteiger partial charge is 0.307 e. The predicted octanol–water partition coefficient (Wildman–Crippen LogP) is 1.78. The molecule has 7 heteroatoms. The number of nitrogens with one attached hydrogen (secondary N) is 1. The first-order valence-corrected chi connectivity index (χ1v) is 6.93. The molecular weight excluding hydrogens is 278 g/mol. The summed E-state index contributed by atoms with van der Waals surface area (Å²) in [5, 5.41) is 10.5. The van der Waals surface area contributed by atoms with E-state index in [4.69, 9.17) is 4.74 Å². The second kappa shape index (κ2) is 5.38. The SMILES string of the molecule is O=C1C[C@@H](C(=O)Nc2nncs2)[C@@H](c2ccccc2)O1. The standard InChI is InChI=1S/C13H11N3O3S/c17-10-6-9(12(18)15-13-16-14-7-20-13)11(19-10)8-4-2-1-3-5-8/h1-5,7,9,11H,6H2,(H,15,16,18)/t9-,11-/m1/s1. The average Bonchev–Trinajstić information content (AvgIpc) is 3.09. The number of hydrogen-bond donors (Lipinski definition) is 1. The summed E-state index contributed by atoms with van der Waals surface area (Å²) in [5.74, 6) is -1.19. The lowest BCUT2D eigenvalue weighted by Gasteiger charge is -2.16. The van der Waals surface area contributed by atoms with Crippen LogP contribution in [0, 0.1) is 5.92 Å². The molecule has 0 saturated carbocycles. The molecular formula is C13H11N3O3S. The van der Waals surface area contributed by atoms with Crippen molar-refractivity contribution in [2.45, 2.75) is 12.5 Å². The van der Waals surface area contributed by atoms with E-state index in [-0.39, 0.29) is 18.3 Å². The van der Waals surface area contributed by atoms with Crippen molar-refractivity contribution in [2.24, 2.45) is 5.92 Å². The lowest BCUT2D eigenvalue weighted by Crippen LogP contribution is -2.25.